The zero-order valence-corrected chi connectivity index (χ0v) is 16.3. The average molecular weight is 538 g/mol. The van der Waals surface area contributed by atoms with Crippen LogP contribution in [0.3, 0.4) is 0 Å². The van der Waals surface area contributed by atoms with Crippen molar-refractivity contribution in [1.29, 1.82) is 0 Å². The van der Waals surface area contributed by atoms with Gasteiger partial charge < -0.3 is 9.90 Å². The standard InChI is InChI=1S/C8HF15O2.C7H12N2/c9-2(10,1(24)25)3(11,12)4(13,14)5(15,16)6(17,18)7(19,20)8(21,22)23;1-2-3-5-9-6-4-8-7-9/h(H,24,25);4,6-7H,2-3,5H2,1H3. The summed E-state index contributed by atoms with van der Waals surface area (Å²) < 4.78 is 188. The fraction of sp³-hybridized carbons (Fsp3) is 0.733. The number of carbonyl (C=O) groups excluding carboxylic acids is 1. The molecule has 1 aromatic rings. The lowest BCUT2D eigenvalue weighted by atomic mass is 9.91. The number of hydrogen-bond donors (Lipinski definition) is 1. The van der Waals surface area contributed by atoms with Gasteiger partial charge in [0.1, 0.15) is 18.4 Å². The molecule has 0 aliphatic carbocycles. The van der Waals surface area contributed by atoms with Gasteiger partial charge in [-0.05, 0) is 6.42 Å². The molecule has 0 saturated carbocycles. The first-order valence-corrected chi connectivity index (χ1v) is 8.44. The topological polar surface area (TPSA) is 59.8 Å². The van der Waals surface area contributed by atoms with Crippen LogP contribution in [0.5, 0.6) is 0 Å². The molecule has 0 unspecified atom stereocenters. The largest absolute Gasteiger partial charge is 0.544 e. The molecule has 34 heavy (non-hydrogen) atoms. The van der Waals surface area contributed by atoms with Crippen LogP contribution in [0.15, 0.2) is 18.7 Å². The van der Waals surface area contributed by atoms with Gasteiger partial charge in [-0.1, -0.05) is 13.3 Å². The maximum atomic E-state index is 12.8. The van der Waals surface area contributed by atoms with Crippen molar-refractivity contribution in [3.8, 4) is 0 Å². The first-order valence-electron chi connectivity index (χ1n) is 8.44. The molecule has 0 aromatic carbocycles. The first kappa shape index (κ1) is 31.6. The van der Waals surface area contributed by atoms with Crippen molar-refractivity contribution in [2.24, 2.45) is 0 Å². The predicted octanol–water partition coefficient (Wildman–Crippen LogP) is 4.21. The van der Waals surface area contributed by atoms with Crippen molar-refractivity contribution in [3.63, 3.8) is 0 Å². The number of aromatic amines is 1. The van der Waals surface area contributed by atoms with Crippen LogP contribution in [0.2, 0.25) is 0 Å². The van der Waals surface area contributed by atoms with E-state index in [1.165, 1.54) is 12.8 Å². The quantitative estimate of drug-likeness (QED) is 0.379. The lowest BCUT2D eigenvalue weighted by Gasteiger charge is -2.41. The van der Waals surface area contributed by atoms with Crippen molar-refractivity contribution >= 4 is 5.97 Å². The second-order valence-electron chi connectivity index (χ2n) is 6.43. The Morgan fingerprint density at radius 3 is 1.50 bits per heavy atom. The van der Waals surface area contributed by atoms with Gasteiger partial charge in [-0.25, -0.2) is 4.57 Å². The molecule has 1 rings (SSSR count). The zero-order valence-electron chi connectivity index (χ0n) is 16.3. The minimum atomic E-state index is -8.50. The Morgan fingerprint density at radius 2 is 1.18 bits per heavy atom. The predicted molar refractivity (Wildman–Crippen MR) is 76.6 cm³/mol. The monoisotopic (exact) mass is 538 g/mol. The van der Waals surface area contributed by atoms with Crippen LogP contribution < -0.4 is 9.67 Å². The number of nitrogens with one attached hydrogen (secondary N) is 1. The van der Waals surface area contributed by atoms with Crippen molar-refractivity contribution < 1.29 is 80.3 Å². The van der Waals surface area contributed by atoms with Gasteiger partial charge in [0.05, 0.1) is 6.54 Å². The summed E-state index contributed by atoms with van der Waals surface area (Å²) in [7, 11) is 0. The molecule has 0 aliphatic rings. The van der Waals surface area contributed by atoms with Gasteiger partial charge in [0.25, 0.3) is 0 Å². The molecule has 0 spiro atoms. The molecular weight excluding hydrogens is 525 g/mol. The molecule has 0 radical (unpaired) electrons. The maximum absolute atomic E-state index is 12.8. The highest BCUT2D eigenvalue weighted by Gasteiger charge is 2.93. The summed E-state index contributed by atoms with van der Waals surface area (Å²) in [6.07, 6.45) is 0.795. The number of carbonyl (C=O) groups is 1. The van der Waals surface area contributed by atoms with Crippen LogP contribution in [-0.2, 0) is 11.3 Å². The number of nitrogens with zero attached hydrogens (tertiary/aromatic N) is 1. The zero-order chi connectivity index (χ0) is 27.6. The third-order valence-corrected chi connectivity index (χ3v) is 3.96. The summed E-state index contributed by atoms with van der Waals surface area (Å²) in [5.41, 5.74) is 0. The van der Waals surface area contributed by atoms with Crippen LogP contribution >= 0.6 is 0 Å². The number of aryl methyl sites for hydroxylation is 1. The number of aliphatic carboxylic acids is 1. The Bertz CT molecular complexity index is 803. The fourth-order valence-electron chi connectivity index (χ4n) is 1.90. The summed E-state index contributed by atoms with van der Waals surface area (Å²) in [6, 6.07) is 0. The highest BCUT2D eigenvalue weighted by Crippen LogP contribution is 2.62. The van der Waals surface area contributed by atoms with Gasteiger partial charge >= 0.3 is 41.7 Å². The normalized spacial score (nSPS) is 14.5. The van der Waals surface area contributed by atoms with E-state index >= 15 is 0 Å². The molecule has 0 atom stereocenters. The number of alkyl halides is 15. The summed E-state index contributed by atoms with van der Waals surface area (Å²) in [5.74, 6) is -53.3. The summed E-state index contributed by atoms with van der Waals surface area (Å²) in [6.45, 7) is 3.34. The molecule has 0 saturated heterocycles. The number of hydrogen-bond acceptors (Lipinski definition) is 2. The van der Waals surface area contributed by atoms with E-state index < -0.39 is 47.7 Å². The molecule has 200 valence electrons. The molecule has 1 N–H and O–H groups in total. The number of H-pyrrole nitrogens is 1. The van der Waals surface area contributed by atoms with E-state index in [0.717, 1.165) is 6.54 Å². The molecule has 0 fully saturated rings. The Balaban J connectivity index is 0.000000999. The van der Waals surface area contributed by atoms with Crippen molar-refractivity contribution in [2.45, 2.75) is 68.0 Å². The average Bonchev–Trinajstić information content (AvgIpc) is 3.18. The van der Waals surface area contributed by atoms with Gasteiger partial charge in [-0.2, -0.15) is 65.9 Å². The lowest BCUT2D eigenvalue weighted by molar-refractivity contribution is -0.696. The van der Waals surface area contributed by atoms with E-state index in [9.17, 15) is 75.8 Å². The highest BCUT2D eigenvalue weighted by molar-refractivity contribution is 5.75. The highest BCUT2D eigenvalue weighted by atomic mass is 19.4. The number of carboxylic acids is 1. The van der Waals surface area contributed by atoms with Crippen molar-refractivity contribution in [3.05, 3.63) is 18.7 Å². The van der Waals surface area contributed by atoms with Gasteiger partial charge in [0.15, 0.2) is 0 Å². The summed E-state index contributed by atoms with van der Waals surface area (Å²) in [4.78, 5) is 12.6. The maximum Gasteiger partial charge on any atom is 0.460 e. The molecular formula is C15H13F15N2O2. The molecule has 1 heterocycles. The molecule has 0 bridgehead atoms. The van der Waals surface area contributed by atoms with Crippen LogP contribution in [0.1, 0.15) is 19.8 Å². The number of unbranched alkanes of at least 4 members (excludes halogenated alkanes) is 1. The second-order valence-corrected chi connectivity index (χ2v) is 6.43. The van der Waals surface area contributed by atoms with Crippen LogP contribution in [0, 0.1) is 0 Å². The number of rotatable bonds is 9. The van der Waals surface area contributed by atoms with E-state index in [1.807, 2.05) is 12.5 Å². The number of imidazole rings is 1. The van der Waals surface area contributed by atoms with Gasteiger partial charge in [-0.15, -0.1) is 0 Å². The minimum absolute atomic E-state index is 1.14. The van der Waals surface area contributed by atoms with Crippen LogP contribution in [0.25, 0.3) is 0 Å². The van der Waals surface area contributed by atoms with E-state index in [-0.39, 0.29) is 0 Å². The Labute approximate surface area is 179 Å². The summed E-state index contributed by atoms with van der Waals surface area (Å²) >= 11 is 0. The molecule has 0 aliphatic heterocycles. The molecule has 19 heteroatoms. The van der Waals surface area contributed by atoms with E-state index in [2.05, 4.69) is 22.7 Å². The molecule has 1 aromatic heterocycles. The molecule has 0 amide bonds. The first-order chi connectivity index (χ1) is 14.9. The lowest BCUT2D eigenvalue weighted by Crippen LogP contribution is -2.74. The third kappa shape index (κ3) is 5.16. The van der Waals surface area contributed by atoms with Gasteiger partial charge in [0, 0.05) is 0 Å². The van der Waals surface area contributed by atoms with E-state index in [1.54, 1.807) is 0 Å². The van der Waals surface area contributed by atoms with Gasteiger partial charge in [-0.3, -0.25) is 4.98 Å². The smallest absolute Gasteiger partial charge is 0.460 e. The van der Waals surface area contributed by atoms with Crippen molar-refractivity contribution in [1.82, 2.24) is 4.98 Å². The SMILES string of the molecule is CCCC[n+]1cc[nH]c1.O=C([O-])C(F)(F)C(F)(F)C(F)(F)C(F)(F)C(F)(F)C(F)(F)C(F)(F)F. The number of aromatic nitrogens is 2. The second kappa shape index (κ2) is 9.71. The van der Waals surface area contributed by atoms with Crippen molar-refractivity contribution in [2.75, 3.05) is 0 Å². The Kier molecular flexibility index (Phi) is 9.03. The summed E-state index contributed by atoms with van der Waals surface area (Å²) in [5, 5.41) is 9.61. The van der Waals surface area contributed by atoms with E-state index in [0.29, 0.717) is 0 Å². The van der Waals surface area contributed by atoms with Gasteiger partial charge in [0.2, 0.25) is 6.33 Å². The third-order valence-electron chi connectivity index (χ3n) is 3.96. The molecule has 4 nitrogen and oxygen atoms in total. The van der Waals surface area contributed by atoms with E-state index in [4.69, 9.17) is 0 Å². The number of carboxylic acid groups (broad SMARTS) is 1. The van der Waals surface area contributed by atoms with Crippen LogP contribution in [0.4, 0.5) is 65.9 Å². The number of halogens is 15. The minimum Gasteiger partial charge on any atom is -0.544 e. The Morgan fingerprint density at radius 1 is 0.765 bits per heavy atom. The Hall–Kier alpha value is -2.37. The van der Waals surface area contributed by atoms with Crippen LogP contribution in [-0.4, -0.2) is 52.7 Å². The fourth-order valence-corrected chi connectivity index (χ4v) is 1.90.